The molecule has 1 atom stereocenters. The molecule has 1 heterocycles. The molecule has 1 aromatic heterocycles. The minimum atomic E-state index is -0.623. The van der Waals surface area contributed by atoms with E-state index in [0.717, 1.165) is 5.69 Å². The van der Waals surface area contributed by atoms with E-state index in [1.54, 1.807) is 31.2 Å². The number of carbonyl (C=O) groups is 1. The summed E-state index contributed by atoms with van der Waals surface area (Å²) >= 11 is 7.24. The number of ether oxygens (including phenoxy) is 1. The fourth-order valence-corrected chi connectivity index (χ4v) is 2.29. The van der Waals surface area contributed by atoms with Crippen molar-refractivity contribution in [2.24, 2.45) is 0 Å². The van der Waals surface area contributed by atoms with Crippen molar-refractivity contribution in [3.63, 3.8) is 0 Å². The Morgan fingerprint density at radius 3 is 2.95 bits per heavy atom. The first-order valence-electron chi connectivity index (χ1n) is 5.70. The highest BCUT2D eigenvalue weighted by atomic mass is 35.5. The number of aryl methyl sites for hydroxylation is 1. The predicted octanol–water partition coefficient (Wildman–Crippen LogP) is 3.51. The molecule has 1 N–H and O–H groups in total. The average Bonchev–Trinajstić information content (AvgIpc) is 2.74. The molecule has 0 unspecified atom stereocenters. The van der Waals surface area contributed by atoms with E-state index in [-0.39, 0.29) is 5.91 Å². The first-order chi connectivity index (χ1) is 9.04. The summed E-state index contributed by atoms with van der Waals surface area (Å²) in [5.74, 6) is 0.319. The number of thiazole rings is 1. The third-order valence-electron chi connectivity index (χ3n) is 2.33. The summed E-state index contributed by atoms with van der Waals surface area (Å²) in [6.45, 7) is 3.55. The molecule has 0 aliphatic rings. The van der Waals surface area contributed by atoms with Crippen LogP contribution < -0.4 is 10.1 Å². The number of carbonyl (C=O) groups excluding carboxylic acids is 1. The molecule has 0 spiro atoms. The van der Waals surface area contributed by atoms with Crippen LogP contribution in [0.15, 0.2) is 29.6 Å². The smallest absolute Gasteiger partial charge is 0.266 e. The number of rotatable bonds is 4. The van der Waals surface area contributed by atoms with E-state index in [2.05, 4.69) is 10.3 Å². The van der Waals surface area contributed by atoms with E-state index in [9.17, 15) is 4.79 Å². The largest absolute Gasteiger partial charge is 0.481 e. The van der Waals surface area contributed by atoms with Crippen molar-refractivity contribution in [1.82, 2.24) is 4.98 Å². The van der Waals surface area contributed by atoms with E-state index in [1.807, 2.05) is 12.3 Å². The van der Waals surface area contributed by atoms with Gasteiger partial charge in [-0.25, -0.2) is 4.98 Å². The highest BCUT2D eigenvalue weighted by molar-refractivity contribution is 7.13. The maximum Gasteiger partial charge on any atom is 0.266 e. The second kappa shape index (κ2) is 6.04. The Balaban J connectivity index is 1.96. The predicted molar refractivity (Wildman–Crippen MR) is 77.0 cm³/mol. The van der Waals surface area contributed by atoms with Gasteiger partial charge >= 0.3 is 0 Å². The molecule has 2 rings (SSSR count). The molecule has 100 valence electrons. The number of nitrogens with one attached hydrogen (secondary N) is 1. The van der Waals surface area contributed by atoms with E-state index in [1.165, 1.54) is 11.3 Å². The monoisotopic (exact) mass is 296 g/mol. The molecule has 0 fully saturated rings. The SMILES string of the molecule is Cc1csc(NC(=O)[C@@H](C)Oc2cccc(Cl)c2)n1. The number of hydrogen-bond acceptors (Lipinski definition) is 4. The molecule has 0 aliphatic heterocycles. The third kappa shape index (κ3) is 3.94. The van der Waals surface area contributed by atoms with Crippen molar-refractivity contribution >= 4 is 34.0 Å². The summed E-state index contributed by atoms with van der Waals surface area (Å²) in [6, 6.07) is 6.94. The Morgan fingerprint density at radius 2 is 2.32 bits per heavy atom. The van der Waals surface area contributed by atoms with Gasteiger partial charge in [0.2, 0.25) is 0 Å². The van der Waals surface area contributed by atoms with Crippen LogP contribution in [0.2, 0.25) is 5.02 Å². The van der Waals surface area contributed by atoms with Crippen molar-refractivity contribution in [3.05, 3.63) is 40.4 Å². The molecule has 0 radical (unpaired) electrons. The topological polar surface area (TPSA) is 51.2 Å². The van der Waals surface area contributed by atoms with Gasteiger partial charge in [-0.05, 0) is 32.0 Å². The van der Waals surface area contributed by atoms with E-state index >= 15 is 0 Å². The van der Waals surface area contributed by atoms with Gasteiger partial charge in [0.15, 0.2) is 11.2 Å². The van der Waals surface area contributed by atoms with Crippen LogP contribution in [0.25, 0.3) is 0 Å². The van der Waals surface area contributed by atoms with E-state index in [4.69, 9.17) is 16.3 Å². The minimum Gasteiger partial charge on any atom is -0.481 e. The highest BCUT2D eigenvalue weighted by Crippen LogP contribution is 2.19. The molecule has 0 saturated carbocycles. The molecule has 6 heteroatoms. The summed E-state index contributed by atoms with van der Waals surface area (Å²) in [6.07, 6.45) is -0.623. The number of amides is 1. The molecule has 0 aliphatic carbocycles. The van der Waals surface area contributed by atoms with Gasteiger partial charge in [-0.1, -0.05) is 17.7 Å². The Labute approximate surface area is 120 Å². The molecule has 0 bridgehead atoms. The molecule has 2 aromatic rings. The number of hydrogen-bond donors (Lipinski definition) is 1. The standard InChI is InChI=1S/C13H13ClN2O2S/c1-8-7-19-13(15-8)16-12(17)9(2)18-11-5-3-4-10(14)6-11/h3-7,9H,1-2H3,(H,15,16,17)/t9-/m1/s1. The van der Waals surface area contributed by atoms with Gasteiger partial charge in [0.1, 0.15) is 5.75 Å². The quantitative estimate of drug-likeness (QED) is 0.939. The Morgan fingerprint density at radius 1 is 1.53 bits per heavy atom. The zero-order valence-electron chi connectivity index (χ0n) is 10.5. The molecule has 1 amide bonds. The van der Waals surface area contributed by atoms with Gasteiger partial charge in [-0.3, -0.25) is 10.1 Å². The molecule has 0 saturated heterocycles. The Kier molecular flexibility index (Phi) is 4.39. The highest BCUT2D eigenvalue weighted by Gasteiger charge is 2.16. The summed E-state index contributed by atoms with van der Waals surface area (Å²) in [4.78, 5) is 16.1. The van der Waals surface area contributed by atoms with Gasteiger partial charge in [-0.15, -0.1) is 11.3 Å². The van der Waals surface area contributed by atoms with Gasteiger partial charge in [0.05, 0.1) is 5.69 Å². The second-order valence-electron chi connectivity index (χ2n) is 4.00. The lowest BCUT2D eigenvalue weighted by Gasteiger charge is -2.13. The van der Waals surface area contributed by atoms with Crippen LogP contribution in [0.1, 0.15) is 12.6 Å². The van der Waals surface area contributed by atoms with Crippen LogP contribution in [0.5, 0.6) is 5.75 Å². The van der Waals surface area contributed by atoms with Crippen molar-refractivity contribution in [2.75, 3.05) is 5.32 Å². The number of aromatic nitrogens is 1. The fourth-order valence-electron chi connectivity index (χ4n) is 1.42. The number of anilines is 1. The lowest BCUT2D eigenvalue weighted by atomic mass is 10.3. The number of benzene rings is 1. The number of nitrogens with zero attached hydrogens (tertiary/aromatic N) is 1. The van der Waals surface area contributed by atoms with Gasteiger partial charge in [0.25, 0.3) is 5.91 Å². The van der Waals surface area contributed by atoms with Crippen LogP contribution in [0.4, 0.5) is 5.13 Å². The van der Waals surface area contributed by atoms with Crippen molar-refractivity contribution < 1.29 is 9.53 Å². The first kappa shape index (κ1) is 13.8. The molecular weight excluding hydrogens is 284 g/mol. The van der Waals surface area contributed by atoms with Gasteiger partial charge in [0, 0.05) is 10.4 Å². The van der Waals surface area contributed by atoms with Crippen LogP contribution in [0.3, 0.4) is 0 Å². The van der Waals surface area contributed by atoms with Crippen molar-refractivity contribution in [1.29, 1.82) is 0 Å². The zero-order chi connectivity index (χ0) is 13.8. The molecule has 4 nitrogen and oxygen atoms in total. The molecule has 19 heavy (non-hydrogen) atoms. The van der Waals surface area contributed by atoms with Gasteiger partial charge in [-0.2, -0.15) is 0 Å². The van der Waals surface area contributed by atoms with Gasteiger partial charge < -0.3 is 4.74 Å². The lowest BCUT2D eigenvalue weighted by Crippen LogP contribution is -2.30. The molecular formula is C13H13ClN2O2S. The van der Waals surface area contributed by atoms with Crippen LogP contribution in [0, 0.1) is 6.92 Å². The summed E-state index contributed by atoms with van der Waals surface area (Å²) in [7, 11) is 0. The minimum absolute atomic E-state index is 0.241. The third-order valence-corrected chi connectivity index (χ3v) is 3.44. The summed E-state index contributed by atoms with van der Waals surface area (Å²) < 4.78 is 5.52. The number of halogens is 1. The van der Waals surface area contributed by atoms with Crippen LogP contribution >= 0.6 is 22.9 Å². The zero-order valence-corrected chi connectivity index (χ0v) is 12.1. The summed E-state index contributed by atoms with van der Waals surface area (Å²) in [5, 5.41) is 5.72. The second-order valence-corrected chi connectivity index (χ2v) is 5.30. The molecule has 1 aromatic carbocycles. The van der Waals surface area contributed by atoms with Crippen molar-refractivity contribution in [2.45, 2.75) is 20.0 Å². The summed E-state index contributed by atoms with van der Waals surface area (Å²) in [5.41, 5.74) is 0.878. The van der Waals surface area contributed by atoms with E-state index < -0.39 is 6.10 Å². The maximum atomic E-state index is 11.9. The normalized spacial score (nSPS) is 11.9. The Hall–Kier alpha value is -1.59. The van der Waals surface area contributed by atoms with E-state index in [0.29, 0.717) is 15.9 Å². The Bertz CT molecular complexity index is 586. The van der Waals surface area contributed by atoms with Crippen LogP contribution in [-0.2, 0) is 4.79 Å². The maximum absolute atomic E-state index is 11.9. The van der Waals surface area contributed by atoms with Crippen LogP contribution in [-0.4, -0.2) is 17.0 Å². The average molecular weight is 297 g/mol. The van der Waals surface area contributed by atoms with Crippen molar-refractivity contribution in [3.8, 4) is 5.75 Å². The lowest BCUT2D eigenvalue weighted by molar-refractivity contribution is -0.122. The fraction of sp³-hybridized carbons (Fsp3) is 0.231. The first-order valence-corrected chi connectivity index (χ1v) is 6.95.